The molecule has 2 aromatic heterocycles. The average molecular weight is 537 g/mol. The van der Waals surface area contributed by atoms with E-state index in [0.29, 0.717) is 49.1 Å². The number of carbonyl (C=O) groups is 1. The molecule has 1 aliphatic rings. The zero-order valence-electron chi connectivity index (χ0n) is 21.4. The number of aryl methyl sites for hydroxylation is 1. The summed E-state index contributed by atoms with van der Waals surface area (Å²) in [6.07, 6.45) is -5.25. The topological polar surface area (TPSA) is 103 Å². The van der Waals surface area contributed by atoms with E-state index in [0.717, 1.165) is 6.07 Å². The minimum Gasteiger partial charge on any atom is -0.444 e. The maximum atomic E-state index is 14.5. The maximum absolute atomic E-state index is 14.5. The third-order valence-corrected chi connectivity index (χ3v) is 5.91. The number of nitrogens with zero attached hydrogens (tertiary/aromatic N) is 4. The number of hydrogen-bond donors (Lipinski definition) is 2. The lowest BCUT2D eigenvalue weighted by Crippen LogP contribution is -2.51. The Morgan fingerprint density at radius 2 is 1.82 bits per heavy atom. The Morgan fingerprint density at radius 3 is 2.45 bits per heavy atom. The van der Waals surface area contributed by atoms with Crippen LogP contribution in [0.2, 0.25) is 0 Å². The molecule has 1 amide bonds. The first kappa shape index (κ1) is 27.1. The van der Waals surface area contributed by atoms with Crippen LogP contribution in [0.5, 0.6) is 0 Å². The van der Waals surface area contributed by atoms with Crippen LogP contribution in [0.25, 0.3) is 11.0 Å². The number of amides is 1. The zero-order chi connectivity index (χ0) is 27.8. The van der Waals surface area contributed by atoms with Crippen molar-refractivity contribution in [1.82, 2.24) is 19.9 Å². The van der Waals surface area contributed by atoms with E-state index >= 15 is 0 Å². The van der Waals surface area contributed by atoms with Crippen LogP contribution >= 0.6 is 0 Å². The molecule has 204 valence electrons. The molecule has 3 heterocycles. The van der Waals surface area contributed by atoms with Crippen molar-refractivity contribution >= 4 is 28.6 Å². The second-order valence-electron chi connectivity index (χ2n) is 9.95. The number of benzene rings is 1. The van der Waals surface area contributed by atoms with Gasteiger partial charge in [0.05, 0.1) is 10.9 Å². The molecule has 0 saturated carbocycles. The third-order valence-electron chi connectivity index (χ3n) is 5.91. The van der Waals surface area contributed by atoms with Crippen molar-refractivity contribution in [2.45, 2.75) is 46.0 Å². The van der Waals surface area contributed by atoms with Gasteiger partial charge in [-0.15, -0.1) is 0 Å². The summed E-state index contributed by atoms with van der Waals surface area (Å²) in [6.45, 7) is 8.11. The fourth-order valence-electron chi connectivity index (χ4n) is 4.13. The predicted molar refractivity (Wildman–Crippen MR) is 134 cm³/mol. The number of pyridine rings is 1. The Balaban J connectivity index is 1.58. The summed E-state index contributed by atoms with van der Waals surface area (Å²) < 4.78 is 59.2. The standard InChI is InChI=1S/C25H28F4N6O3/c1-14-31-20(30-13-15-6-5-7-17(19(15)26)25(27,28)29)16-12-18(22(36)33-21(16)32-14)34-8-10-35(11-9-34)23(37)38-24(2,3)4/h5-7,12H,8-11,13H2,1-4H3,(H2,30,31,32,33,36). The van der Waals surface area contributed by atoms with E-state index in [4.69, 9.17) is 4.74 Å². The molecule has 2 N–H and O–H groups in total. The Hall–Kier alpha value is -3.90. The molecule has 13 heteroatoms. The fourth-order valence-corrected chi connectivity index (χ4v) is 4.13. The highest BCUT2D eigenvalue weighted by Gasteiger charge is 2.34. The fraction of sp³-hybridized carbons (Fsp3) is 0.440. The van der Waals surface area contributed by atoms with Crippen molar-refractivity contribution in [2.24, 2.45) is 0 Å². The van der Waals surface area contributed by atoms with Gasteiger partial charge in [-0.1, -0.05) is 12.1 Å². The van der Waals surface area contributed by atoms with E-state index in [1.54, 1.807) is 38.7 Å². The highest BCUT2D eigenvalue weighted by molar-refractivity contribution is 5.89. The quantitative estimate of drug-likeness (QED) is 0.475. The first-order chi connectivity index (χ1) is 17.7. The molecule has 4 rings (SSSR count). The molecule has 1 saturated heterocycles. The summed E-state index contributed by atoms with van der Waals surface area (Å²) in [4.78, 5) is 39.9. The summed E-state index contributed by atoms with van der Waals surface area (Å²) in [7, 11) is 0. The summed E-state index contributed by atoms with van der Waals surface area (Å²) >= 11 is 0. The molecule has 3 aromatic rings. The van der Waals surface area contributed by atoms with Crippen molar-refractivity contribution in [3.05, 3.63) is 57.4 Å². The molecule has 1 aliphatic heterocycles. The van der Waals surface area contributed by atoms with E-state index < -0.39 is 34.8 Å². The van der Waals surface area contributed by atoms with Crippen molar-refractivity contribution < 1.29 is 27.1 Å². The van der Waals surface area contributed by atoms with E-state index in [1.165, 1.54) is 6.07 Å². The number of rotatable bonds is 4. The van der Waals surface area contributed by atoms with E-state index in [2.05, 4.69) is 20.3 Å². The van der Waals surface area contributed by atoms with Crippen LogP contribution in [0.4, 0.5) is 33.9 Å². The largest absolute Gasteiger partial charge is 0.444 e. The number of anilines is 2. The Bertz CT molecular complexity index is 1410. The average Bonchev–Trinajstić information content (AvgIpc) is 2.81. The number of aromatic amines is 1. The second-order valence-corrected chi connectivity index (χ2v) is 9.95. The molecule has 0 aliphatic carbocycles. The lowest BCUT2D eigenvalue weighted by Gasteiger charge is -2.36. The first-order valence-corrected chi connectivity index (χ1v) is 12.0. The SMILES string of the molecule is Cc1nc(NCc2cccc(C(F)(F)F)c2F)c2cc(N3CCN(C(=O)OC(C)(C)C)CC3)c(=O)[nH]c2n1. The van der Waals surface area contributed by atoms with Crippen LogP contribution in [-0.4, -0.2) is 57.7 Å². The number of hydrogen-bond acceptors (Lipinski definition) is 7. The van der Waals surface area contributed by atoms with Gasteiger partial charge in [-0.25, -0.2) is 19.2 Å². The highest BCUT2D eigenvalue weighted by Crippen LogP contribution is 2.33. The van der Waals surface area contributed by atoms with Crippen molar-refractivity contribution in [2.75, 3.05) is 36.4 Å². The number of aromatic nitrogens is 3. The van der Waals surface area contributed by atoms with E-state index in [9.17, 15) is 27.2 Å². The normalized spacial score (nSPS) is 14.6. The Labute approximate surface area is 215 Å². The monoisotopic (exact) mass is 536 g/mol. The van der Waals surface area contributed by atoms with E-state index in [1.807, 2.05) is 4.90 Å². The summed E-state index contributed by atoms with van der Waals surface area (Å²) in [5.74, 6) is -0.826. The molecule has 1 aromatic carbocycles. The molecule has 0 unspecified atom stereocenters. The van der Waals surface area contributed by atoms with Crippen LogP contribution in [0.15, 0.2) is 29.1 Å². The van der Waals surface area contributed by atoms with Gasteiger partial charge in [-0.2, -0.15) is 13.2 Å². The molecule has 0 radical (unpaired) electrons. The molecule has 0 atom stereocenters. The highest BCUT2D eigenvalue weighted by atomic mass is 19.4. The van der Waals surface area contributed by atoms with Gasteiger partial charge in [-0.3, -0.25) is 4.79 Å². The number of piperazine rings is 1. The van der Waals surface area contributed by atoms with Gasteiger partial charge in [0, 0.05) is 38.3 Å². The van der Waals surface area contributed by atoms with Crippen LogP contribution in [-0.2, 0) is 17.5 Å². The minimum absolute atomic E-state index is 0.188. The first-order valence-electron chi connectivity index (χ1n) is 12.0. The molecule has 0 spiro atoms. The van der Waals surface area contributed by atoms with Crippen LogP contribution in [0.3, 0.4) is 0 Å². The van der Waals surface area contributed by atoms with Crippen molar-refractivity contribution in [3.8, 4) is 0 Å². The number of alkyl halides is 3. The van der Waals surface area contributed by atoms with Gasteiger partial charge in [0.15, 0.2) is 0 Å². The molecule has 38 heavy (non-hydrogen) atoms. The van der Waals surface area contributed by atoms with Gasteiger partial charge >= 0.3 is 12.3 Å². The molecule has 9 nitrogen and oxygen atoms in total. The number of carbonyl (C=O) groups excluding carboxylic acids is 1. The lowest BCUT2D eigenvalue weighted by molar-refractivity contribution is -0.140. The van der Waals surface area contributed by atoms with Crippen LogP contribution in [0, 0.1) is 12.7 Å². The summed E-state index contributed by atoms with van der Waals surface area (Å²) in [6, 6.07) is 4.66. The number of H-pyrrole nitrogens is 1. The van der Waals surface area contributed by atoms with Gasteiger partial charge in [0.25, 0.3) is 5.56 Å². The second kappa shape index (κ2) is 10.1. The van der Waals surface area contributed by atoms with Gasteiger partial charge < -0.3 is 24.8 Å². The molecule has 0 bridgehead atoms. The van der Waals surface area contributed by atoms with Crippen molar-refractivity contribution in [3.63, 3.8) is 0 Å². The minimum atomic E-state index is -4.82. The number of fused-ring (bicyclic) bond motifs is 1. The Morgan fingerprint density at radius 1 is 1.13 bits per heavy atom. The van der Waals surface area contributed by atoms with Gasteiger partial charge in [0.2, 0.25) is 0 Å². The van der Waals surface area contributed by atoms with Crippen LogP contribution < -0.4 is 15.8 Å². The van der Waals surface area contributed by atoms with Crippen molar-refractivity contribution in [1.29, 1.82) is 0 Å². The summed E-state index contributed by atoms with van der Waals surface area (Å²) in [5, 5.41) is 3.30. The van der Waals surface area contributed by atoms with E-state index in [-0.39, 0.29) is 23.6 Å². The van der Waals surface area contributed by atoms with Gasteiger partial charge in [0.1, 0.15) is 34.4 Å². The molecule has 1 fully saturated rings. The predicted octanol–water partition coefficient (Wildman–Crippen LogP) is 4.45. The zero-order valence-corrected chi connectivity index (χ0v) is 21.4. The van der Waals surface area contributed by atoms with Crippen LogP contribution in [0.1, 0.15) is 37.7 Å². The smallest absolute Gasteiger partial charge is 0.419 e. The maximum Gasteiger partial charge on any atom is 0.419 e. The van der Waals surface area contributed by atoms with Gasteiger partial charge in [-0.05, 0) is 39.8 Å². The number of ether oxygens (including phenoxy) is 1. The Kier molecular flexibility index (Phi) is 7.22. The summed E-state index contributed by atoms with van der Waals surface area (Å²) in [5.41, 5.74) is -2.00. The lowest BCUT2D eigenvalue weighted by atomic mass is 10.1. The molecular weight excluding hydrogens is 508 g/mol. The number of nitrogens with one attached hydrogen (secondary N) is 2. The molecular formula is C25H28F4N6O3. The number of halogens is 4. The third kappa shape index (κ3) is 5.97.